The van der Waals surface area contributed by atoms with Crippen molar-refractivity contribution in [2.45, 2.75) is 39.3 Å². The number of rotatable bonds is 5. The highest BCUT2D eigenvalue weighted by Gasteiger charge is 2.25. The van der Waals surface area contributed by atoms with Crippen molar-refractivity contribution in [3.8, 4) is 0 Å². The Balaban J connectivity index is 1.82. The summed E-state index contributed by atoms with van der Waals surface area (Å²) in [7, 11) is 0. The van der Waals surface area contributed by atoms with E-state index in [0.717, 1.165) is 39.0 Å². The lowest BCUT2D eigenvalue weighted by Gasteiger charge is -2.37. The Kier molecular flexibility index (Phi) is 5.00. The summed E-state index contributed by atoms with van der Waals surface area (Å²) >= 11 is 0. The van der Waals surface area contributed by atoms with Gasteiger partial charge >= 0.3 is 0 Å². The Morgan fingerprint density at radius 2 is 2.05 bits per heavy atom. The van der Waals surface area contributed by atoms with Gasteiger partial charge in [-0.25, -0.2) is 0 Å². The number of carbonyl (C=O) groups is 1. The number of hydrogen-bond acceptors (Lipinski definition) is 4. The number of nitrogens with two attached hydrogens (primary N) is 1. The SMILES string of the molecule is CCN(CC)C1CCN(C(=O)Cn2ccc(N)n2)CC1. The summed E-state index contributed by atoms with van der Waals surface area (Å²) < 4.78 is 1.61. The predicted molar refractivity (Wildman–Crippen MR) is 79.2 cm³/mol. The van der Waals surface area contributed by atoms with Crippen LogP contribution in [0, 0.1) is 0 Å². The Morgan fingerprint density at radius 3 is 2.55 bits per heavy atom. The number of piperidine rings is 1. The molecule has 1 aliphatic heterocycles. The second kappa shape index (κ2) is 6.74. The zero-order valence-electron chi connectivity index (χ0n) is 12.5. The summed E-state index contributed by atoms with van der Waals surface area (Å²) in [5.41, 5.74) is 5.55. The fourth-order valence-corrected chi connectivity index (χ4v) is 2.92. The molecule has 2 N–H and O–H groups in total. The van der Waals surface area contributed by atoms with Crippen molar-refractivity contribution in [3.63, 3.8) is 0 Å². The summed E-state index contributed by atoms with van der Waals surface area (Å²) in [6.07, 6.45) is 3.87. The third-order valence-electron chi connectivity index (χ3n) is 4.10. The molecule has 1 aromatic rings. The average Bonchev–Trinajstić information content (AvgIpc) is 2.86. The average molecular weight is 279 g/mol. The Hall–Kier alpha value is -1.56. The van der Waals surface area contributed by atoms with Crippen molar-refractivity contribution in [1.29, 1.82) is 0 Å². The van der Waals surface area contributed by atoms with E-state index in [1.165, 1.54) is 0 Å². The first-order chi connectivity index (χ1) is 9.63. The lowest BCUT2D eigenvalue weighted by Crippen LogP contribution is -2.47. The number of hydrogen-bond donors (Lipinski definition) is 1. The third-order valence-corrected chi connectivity index (χ3v) is 4.10. The van der Waals surface area contributed by atoms with Gasteiger partial charge < -0.3 is 15.5 Å². The summed E-state index contributed by atoms with van der Waals surface area (Å²) in [6, 6.07) is 2.33. The molecule has 1 aromatic heterocycles. The maximum atomic E-state index is 12.2. The topological polar surface area (TPSA) is 67.4 Å². The van der Waals surface area contributed by atoms with Crippen molar-refractivity contribution >= 4 is 11.7 Å². The second-order valence-electron chi connectivity index (χ2n) is 5.27. The zero-order chi connectivity index (χ0) is 14.5. The van der Waals surface area contributed by atoms with Gasteiger partial charge in [0.2, 0.25) is 5.91 Å². The number of anilines is 1. The van der Waals surface area contributed by atoms with Crippen LogP contribution in [-0.2, 0) is 11.3 Å². The summed E-state index contributed by atoms with van der Waals surface area (Å²) in [6.45, 7) is 8.54. The van der Waals surface area contributed by atoms with Crippen LogP contribution in [0.25, 0.3) is 0 Å². The van der Waals surface area contributed by atoms with Gasteiger partial charge in [-0.3, -0.25) is 9.48 Å². The van der Waals surface area contributed by atoms with Gasteiger partial charge in [-0.05, 0) is 32.0 Å². The van der Waals surface area contributed by atoms with E-state index < -0.39 is 0 Å². The molecule has 20 heavy (non-hydrogen) atoms. The highest BCUT2D eigenvalue weighted by Crippen LogP contribution is 2.16. The molecule has 0 aromatic carbocycles. The Morgan fingerprint density at radius 1 is 1.40 bits per heavy atom. The van der Waals surface area contributed by atoms with E-state index in [1.54, 1.807) is 16.9 Å². The molecular formula is C14H25N5O. The number of amides is 1. The van der Waals surface area contributed by atoms with Gasteiger partial charge in [0.15, 0.2) is 0 Å². The molecule has 0 unspecified atom stereocenters. The molecule has 0 radical (unpaired) electrons. The molecule has 0 atom stereocenters. The van der Waals surface area contributed by atoms with Gasteiger partial charge in [-0.1, -0.05) is 13.8 Å². The normalized spacial score (nSPS) is 16.9. The summed E-state index contributed by atoms with van der Waals surface area (Å²) in [5, 5.41) is 4.05. The molecule has 0 aliphatic carbocycles. The number of nitrogens with zero attached hydrogens (tertiary/aromatic N) is 4. The van der Waals surface area contributed by atoms with Crippen LogP contribution >= 0.6 is 0 Å². The maximum absolute atomic E-state index is 12.2. The lowest BCUT2D eigenvalue weighted by atomic mass is 10.0. The molecule has 112 valence electrons. The molecule has 1 aliphatic rings. The number of aromatic nitrogens is 2. The molecule has 1 fully saturated rings. The summed E-state index contributed by atoms with van der Waals surface area (Å²) in [5.74, 6) is 0.587. The van der Waals surface area contributed by atoms with Crippen LogP contribution in [0.15, 0.2) is 12.3 Å². The van der Waals surface area contributed by atoms with Crippen molar-refractivity contribution in [2.24, 2.45) is 0 Å². The van der Waals surface area contributed by atoms with Crippen LogP contribution in [0.5, 0.6) is 0 Å². The van der Waals surface area contributed by atoms with E-state index in [0.29, 0.717) is 11.9 Å². The first-order valence-corrected chi connectivity index (χ1v) is 7.44. The highest BCUT2D eigenvalue weighted by atomic mass is 16.2. The molecular weight excluding hydrogens is 254 g/mol. The predicted octanol–water partition coefficient (Wildman–Crippen LogP) is 0.798. The van der Waals surface area contributed by atoms with Crippen molar-refractivity contribution in [2.75, 3.05) is 31.9 Å². The van der Waals surface area contributed by atoms with Crippen molar-refractivity contribution in [3.05, 3.63) is 12.3 Å². The molecule has 0 saturated carbocycles. The Bertz CT molecular complexity index is 433. The zero-order valence-corrected chi connectivity index (χ0v) is 12.5. The Labute approximate surface area is 120 Å². The maximum Gasteiger partial charge on any atom is 0.244 e. The van der Waals surface area contributed by atoms with E-state index >= 15 is 0 Å². The van der Waals surface area contributed by atoms with E-state index in [2.05, 4.69) is 23.8 Å². The van der Waals surface area contributed by atoms with Gasteiger partial charge in [0.25, 0.3) is 0 Å². The molecule has 6 nitrogen and oxygen atoms in total. The minimum atomic E-state index is 0.131. The van der Waals surface area contributed by atoms with E-state index in [9.17, 15) is 4.79 Å². The van der Waals surface area contributed by atoms with Crippen LogP contribution in [-0.4, -0.2) is 57.7 Å². The first-order valence-electron chi connectivity index (χ1n) is 7.44. The number of carbonyl (C=O) groups excluding carboxylic acids is 1. The fourth-order valence-electron chi connectivity index (χ4n) is 2.92. The van der Waals surface area contributed by atoms with Gasteiger partial charge in [-0.2, -0.15) is 5.10 Å². The van der Waals surface area contributed by atoms with Gasteiger partial charge in [-0.15, -0.1) is 0 Å². The number of nitrogen functional groups attached to an aromatic ring is 1. The molecule has 2 rings (SSSR count). The lowest BCUT2D eigenvalue weighted by molar-refractivity contribution is -0.133. The third kappa shape index (κ3) is 3.50. The van der Waals surface area contributed by atoms with E-state index in [1.807, 2.05) is 4.90 Å². The van der Waals surface area contributed by atoms with E-state index in [4.69, 9.17) is 5.73 Å². The quantitative estimate of drug-likeness (QED) is 0.865. The highest BCUT2D eigenvalue weighted by molar-refractivity contribution is 5.76. The van der Waals surface area contributed by atoms with Gasteiger partial charge in [0, 0.05) is 25.3 Å². The first kappa shape index (κ1) is 14.8. The molecule has 0 bridgehead atoms. The fraction of sp³-hybridized carbons (Fsp3) is 0.714. The standard InChI is InChI=1S/C14H25N5O/c1-3-17(4-2)12-5-8-18(9-6-12)14(20)11-19-10-7-13(15)16-19/h7,10,12H,3-6,8-9,11H2,1-2H3,(H2,15,16). The summed E-state index contributed by atoms with van der Waals surface area (Å²) in [4.78, 5) is 16.6. The molecule has 2 heterocycles. The minimum Gasteiger partial charge on any atom is -0.382 e. The second-order valence-corrected chi connectivity index (χ2v) is 5.27. The minimum absolute atomic E-state index is 0.131. The van der Waals surface area contributed by atoms with Crippen LogP contribution in [0.4, 0.5) is 5.82 Å². The number of likely N-dealkylation sites (tertiary alicyclic amines) is 1. The van der Waals surface area contributed by atoms with Crippen molar-refractivity contribution in [1.82, 2.24) is 19.6 Å². The van der Waals surface area contributed by atoms with E-state index in [-0.39, 0.29) is 12.5 Å². The molecule has 1 amide bonds. The smallest absolute Gasteiger partial charge is 0.244 e. The van der Waals surface area contributed by atoms with Crippen LogP contribution in [0.2, 0.25) is 0 Å². The van der Waals surface area contributed by atoms with Gasteiger partial charge in [0.1, 0.15) is 12.4 Å². The monoisotopic (exact) mass is 279 g/mol. The molecule has 0 spiro atoms. The van der Waals surface area contributed by atoms with Crippen LogP contribution in [0.1, 0.15) is 26.7 Å². The van der Waals surface area contributed by atoms with Crippen LogP contribution < -0.4 is 5.73 Å². The molecule has 1 saturated heterocycles. The van der Waals surface area contributed by atoms with Crippen LogP contribution in [0.3, 0.4) is 0 Å². The van der Waals surface area contributed by atoms with Gasteiger partial charge in [0.05, 0.1) is 0 Å². The van der Waals surface area contributed by atoms with Crippen molar-refractivity contribution < 1.29 is 4.79 Å². The molecule has 6 heteroatoms. The largest absolute Gasteiger partial charge is 0.382 e.